The Hall–Kier alpha value is -0.0800. The highest BCUT2D eigenvalue weighted by atomic mass is 79.9. The van der Waals surface area contributed by atoms with Crippen LogP contribution in [0.4, 0.5) is 0 Å². The van der Waals surface area contributed by atoms with Crippen LogP contribution in [0.15, 0.2) is 23.8 Å². The number of hydrogen-bond acceptors (Lipinski definition) is 1. The summed E-state index contributed by atoms with van der Waals surface area (Å²) in [6.07, 6.45) is 3.52. The van der Waals surface area contributed by atoms with Gasteiger partial charge in [0.05, 0.1) is 0 Å². The predicted octanol–water partition coefficient (Wildman–Crippen LogP) is 2.59. The molecule has 0 atom stereocenters. The van der Waals surface area contributed by atoms with Crippen molar-refractivity contribution in [2.45, 2.75) is 13.3 Å². The molecule has 2 heteroatoms. The zero-order valence-electron chi connectivity index (χ0n) is 7.65. The maximum absolute atomic E-state index is 3.98. The van der Waals surface area contributed by atoms with Crippen molar-refractivity contribution in [3.05, 3.63) is 23.8 Å². The molecule has 1 nitrogen and oxygen atoms in total. The molecule has 0 spiro atoms. The molecule has 0 aromatic carbocycles. The second kappa shape index (κ2) is 4.83. The molecule has 0 saturated carbocycles. The standard InChI is InChI=1S/C10H16BrN/c1-9-4-3-5-12(7-9)8-10(2)6-11/h4H,2-3,5-8H2,1H3. The lowest BCUT2D eigenvalue weighted by Gasteiger charge is -2.26. The molecule has 0 N–H and O–H groups in total. The average molecular weight is 230 g/mol. The summed E-state index contributed by atoms with van der Waals surface area (Å²) in [4.78, 5) is 2.44. The number of alkyl halides is 1. The first kappa shape index (κ1) is 10.0. The fraction of sp³-hybridized carbons (Fsp3) is 0.600. The van der Waals surface area contributed by atoms with Gasteiger partial charge in [-0.25, -0.2) is 0 Å². The van der Waals surface area contributed by atoms with Crippen LogP contribution in [0.1, 0.15) is 13.3 Å². The maximum atomic E-state index is 3.98. The summed E-state index contributed by atoms with van der Waals surface area (Å²) in [7, 11) is 0. The van der Waals surface area contributed by atoms with Crippen LogP contribution in [0.5, 0.6) is 0 Å². The van der Waals surface area contributed by atoms with Crippen molar-refractivity contribution in [2.24, 2.45) is 0 Å². The van der Waals surface area contributed by atoms with Crippen molar-refractivity contribution in [1.29, 1.82) is 0 Å². The minimum Gasteiger partial charge on any atom is -0.295 e. The zero-order chi connectivity index (χ0) is 8.97. The Morgan fingerprint density at radius 1 is 1.75 bits per heavy atom. The third-order valence-electron chi connectivity index (χ3n) is 2.05. The first-order chi connectivity index (χ1) is 5.72. The van der Waals surface area contributed by atoms with E-state index in [1.54, 1.807) is 0 Å². The molecule has 0 radical (unpaired) electrons. The first-order valence-electron chi connectivity index (χ1n) is 4.33. The van der Waals surface area contributed by atoms with E-state index in [9.17, 15) is 0 Å². The first-order valence-corrected chi connectivity index (χ1v) is 5.45. The van der Waals surface area contributed by atoms with Gasteiger partial charge in [-0.3, -0.25) is 4.90 Å². The minimum atomic E-state index is 0.923. The topological polar surface area (TPSA) is 3.24 Å². The monoisotopic (exact) mass is 229 g/mol. The van der Waals surface area contributed by atoms with Crippen molar-refractivity contribution in [2.75, 3.05) is 25.0 Å². The van der Waals surface area contributed by atoms with Gasteiger partial charge in [0, 0.05) is 25.0 Å². The van der Waals surface area contributed by atoms with E-state index < -0.39 is 0 Å². The summed E-state index contributed by atoms with van der Waals surface area (Å²) >= 11 is 3.42. The molecule has 1 heterocycles. The molecule has 0 bridgehead atoms. The van der Waals surface area contributed by atoms with E-state index in [0.29, 0.717) is 0 Å². The number of nitrogens with zero attached hydrogens (tertiary/aromatic N) is 1. The molecule has 0 amide bonds. The molecule has 68 valence electrons. The van der Waals surface area contributed by atoms with Crippen LogP contribution in [0.3, 0.4) is 0 Å². The van der Waals surface area contributed by atoms with E-state index in [4.69, 9.17) is 0 Å². The van der Waals surface area contributed by atoms with Gasteiger partial charge in [-0.1, -0.05) is 39.7 Å². The highest BCUT2D eigenvalue weighted by molar-refractivity contribution is 9.09. The van der Waals surface area contributed by atoms with Crippen LogP contribution in [-0.4, -0.2) is 29.9 Å². The van der Waals surface area contributed by atoms with Crippen LogP contribution in [0.2, 0.25) is 0 Å². The zero-order valence-corrected chi connectivity index (χ0v) is 9.23. The SMILES string of the molecule is C=C(CBr)CN1CCC=C(C)C1. The Morgan fingerprint density at radius 2 is 2.50 bits per heavy atom. The molecule has 1 aliphatic heterocycles. The van der Waals surface area contributed by atoms with E-state index in [0.717, 1.165) is 18.4 Å². The number of hydrogen-bond donors (Lipinski definition) is 0. The largest absolute Gasteiger partial charge is 0.295 e. The molecule has 0 aromatic heterocycles. The fourth-order valence-corrected chi connectivity index (χ4v) is 1.66. The Kier molecular flexibility index (Phi) is 4.02. The van der Waals surface area contributed by atoms with Gasteiger partial charge in [-0.05, 0) is 13.3 Å². The second-order valence-electron chi connectivity index (χ2n) is 3.43. The number of halogens is 1. The molecular formula is C10H16BrN. The van der Waals surface area contributed by atoms with Crippen molar-refractivity contribution in [3.8, 4) is 0 Å². The Balaban J connectivity index is 2.35. The van der Waals surface area contributed by atoms with E-state index in [-0.39, 0.29) is 0 Å². The van der Waals surface area contributed by atoms with Crippen LogP contribution in [-0.2, 0) is 0 Å². The third-order valence-corrected chi connectivity index (χ3v) is 2.84. The second-order valence-corrected chi connectivity index (χ2v) is 3.99. The fourth-order valence-electron chi connectivity index (χ4n) is 1.48. The van der Waals surface area contributed by atoms with Gasteiger partial charge in [0.2, 0.25) is 0 Å². The molecule has 0 aromatic rings. The Morgan fingerprint density at radius 3 is 3.08 bits per heavy atom. The molecule has 0 unspecified atom stereocenters. The van der Waals surface area contributed by atoms with E-state index in [1.807, 2.05) is 0 Å². The number of rotatable bonds is 3. The Labute approximate surface area is 83.3 Å². The molecule has 12 heavy (non-hydrogen) atoms. The summed E-state index contributed by atoms with van der Waals surface area (Å²) in [5, 5.41) is 0.923. The highest BCUT2D eigenvalue weighted by Crippen LogP contribution is 2.10. The third kappa shape index (κ3) is 3.11. The van der Waals surface area contributed by atoms with E-state index in [1.165, 1.54) is 24.1 Å². The molecule has 0 fully saturated rings. The van der Waals surface area contributed by atoms with Gasteiger partial charge in [-0.15, -0.1) is 0 Å². The van der Waals surface area contributed by atoms with Crippen LogP contribution in [0, 0.1) is 0 Å². The summed E-state index contributed by atoms with van der Waals surface area (Å²) in [6, 6.07) is 0. The van der Waals surface area contributed by atoms with Crippen molar-refractivity contribution < 1.29 is 0 Å². The van der Waals surface area contributed by atoms with Gasteiger partial charge >= 0.3 is 0 Å². The van der Waals surface area contributed by atoms with Crippen LogP contribution in [0.25, 0.3) is 0 Å². The van der Waals surface area contributed by atoms with Gasteiger partial charge in [0.1, 0.15) is 0 Å². The molecule has 0 saturated heterocycles. The van der Waals surface area contributed by atoms with Gasteiger partial charge < -0.3 is 0 Å². The summed E-state index contributed by atoms with van der Waals surface area (Å²) in [6.45, 7) is 9.52. The summed E-state index contributed by atoms with van der Waals surface area (Å²) in [5.74, 6) is 0. The smallest absolute Gasteiger partial charge is 0.0251 e. The van der Waals surface area contributed by atoms with Gasteiger partial charge in [-0.2, -0.15) is 0 Å². The summed E-state index contributed by atoms with van der Waals surface area (Å²) < 4.78 is 0. The molecule has 1 rings (SSSR count). The molecular weight excluding hydrogens is 214 g/mol. The predicted molar refractivity (Wildman–Crippen MR) is 57.7 cm³/mol. The summed E-state index contributed by atoms with van der Waals surface area (Å²) in [5.41, 5.74) is 2.76. The van der Waals surface area contributed by atoms with Gasteiger partial charge in [0.15, 0.2) is 0 Å². The van der Waals surface area contributed by atoms with Gasteiger partial charge in [0.25, 0.3) is 0 Å². The van der Waals surface area contributed by atoms with Crippen molar-refractivity contribution in [3.63, 3.8) is 0 Å². The molecule has 1 aliphatic rings. The normalized spacial score (nSPS) is 19.0. The maximum Gasteiger partial charge on any atom is 0.0251 e. The Bertz CT molecular complexity index is 196. The molecule has 0 aliphatic carbocycles. The van der Waals surface area contributed by atoms with E-state index >= 15 is 0 Å². The minimum absolute atomic E-state index is 0.923. The van der Waals surface area contributed by atoms with Crippen LogP contribution >= 0.6 is 15.9 Å². The van der Waals surface area contributed by atoms with Crippen molar-refractivity contribution in [1.82, 2.24) is 4.90 Å². The van der Waals surface area contributed by atoms with E-state index in [2.05, 4.69) is 40.4 Å². The van der Waals surface area contributed by atoms with Crippen LogP contribution < -0.4 is 0 Å². The lowest BCUT2D eigenvalue weighted by atomic mass is 10.1. The highest BCUT2D eigenvalue weighted by Gasteiger charge is 2.09. The quantitative estimate of drug-likeness (QED) is 0.532. The average Bonchev–Trinajstić information content (AvgIpc) is 2.04. The lowest BCUT2D eigenvalue weighted by molar-refractivity contribution is 0.315. The lowest BCUT2D eigenvalue weighted by Crippen LogP contribution is -2.31. The van der Waals surface area contributed by atoms with Crippen molar-refractivity contribution >= 4 is 15.9 Å².